The van der Waals surface area contributed by atoms with Gasteiger partial charge in [-0.05, 0) is 30.7 Å². The first-order valence-corrected chi connectivity index (χ1v) is 9.55. The Morgan fingerprint density at radius 3 is 2.76 bits per heavy atom. The SMILES string of the molecule is CCCCOC(=O)c1cc(S(N)(=O)=O)c(Cl)cc1NCc1ccco1. The number of furan rings is 1. The number of anilines is 1. The van der Waals surface area contributed by atoms with Crippen molar-refractivity contribution in [1.82, 2.24) is 0 Å². The Morgan fingerprint density at radius 2 is 2.16 bits per heavy atom. The van der Waals surface area contributed by atoms with Gasteiger partial charge in [-0.1, -0.05) is 24.9 Å². The lowest BCUT2D eigenvalue weighted by atomic mass is 10.1. The predicted molar refractivity (Wildman–Crippen MR) is 94.1 cm³/mol. The minimum Gasteiger partial charge on any atom is -0.467 e. The van der Waals surface area contributed by atoms with E-state index in [1.807, 2.05) is 6.92 Å². The number of carbonyl (C=O) groups excluding carboxylic acids is 1. The van der Waals surface area contributed by atoms with Gasteiger partial charge < -0.3 is 14.5 Å². The summed E-state index contributed by atoms with van der Waals surface area (Å²) in [7, 11) is -4.08. The molecule has 0 aliphatic carbocycles. The molecule has 0 saturated heterocycles. The number of unbranched alkanes of at least 4 members (excludes halogenated alkanes) is 1. The third-order valence-corrected chi connectivity index (χ3v) is 4.74. The summed E-state index contributed by atoms with van der Waals surface area (Å²) >= 11 is 6.00. The first kappa shape index (κ1) is 19.3. The van der Waals surface area contributed by atoms with Gasteiger partial charge in [-0.15, -0.1) is 0 Å². The Balaban J connectivity index is 2.34. The molecule has 2 rings (SSSR count). The highest BCUT2D eigenvalue weighted by Gasteiger charge is 2.21. The van der Waals surface area contributed by atoms with Crippen molar-refractivity contribution >= 4 is 33.3 Å². The van der Waals surface area contributed by atoms with E-state index in [2.05, 4.69) is 5.32 Å². The Morgan fingerprint density at radius 1 is 1.40 bits per heavy atom. The topological polar surface area (TPSA) is 112 Å². The van der Waals surface area contributed by atoms with Crippen molar-refractivity contribution in [3.8, 4) is 0 Å². The number of hydrogen-bond donors (Lipinski definition) is 2. The fourth-order valence-electron chi connectivity index (χ4n) is 2.07. The molecule has 2 aromatic rings. The van der Waals surface area contributed by atoms with E-state index in [1.165, 1.54) is 12.3 Å². The Labute approximate surface area is 151 Å². The van der Waals surface area contributed by atoms with Crippen LogP contribution in [0.25, 0.3) is 0 Å². The minimum absolute atomic E-state index is 0.0380. The lowest BCUT2D eigenvalue weighted by Crippen LogP contribution is -2.16. The largest absolute Gasteiger partial charge is 0.467 e. The van der Waals surface area contributed by atoms with Crippen molar-refractivity contribution in [3.05, 3.63) is 46.9 Å². The van der Waals surface area contributed by atoms with Crippen LogP contribution in [0.3, 0.4) is 0 Å². The van der Waals surface area contributed by atoms with Crippen molar-refractivity contribution in [2.45, 2.75) is 31.2 Å². The molecule has 25 heavy (non-hydrogen) atoms. The van der Waals surface area contributed by atoms with E-state index in [4.69, 9.17) is 25.9 Å². The summed E-state index contributed by atoms with van der Waals surface area (Å²) in [6.45, 7) is 2.49. The molecule has 0 amide bonds. The summed E-state index contributed by atoms with van der Waals surface area (Å²) in [5, 5.41) is 8.05. The molecular formula is C16H19ClN2O5S. The molecule has 0 fully saturated rings. The predicted octanol–water partition coefficient (Wildman–Crippen LogP) is 3.15. The van der Waals surface area contributed by atoms with E-state index in [1.54, 1.807) is 12.1 Å². The number of rotatable bonds is 8. The van der Waals surface area contributed by atoms with Gasteiger partial charge in [0.15, 0.2) is 0 Å². The fourth-order valence-corrected chi connectivity index (χ4v) is 3.17. The van der Waals surface area contributed by atoms with Crippen molar-refractivity contribution < 1.29 is 22.4 Å². The number of carbonyl (C=O) groups is 1. The zero-order valence-electron chi connectivity index (χ0n) is 13.6. The maximum absolute atomic E-state index is 12.3. The summed E-state index contributed by atoms with van der Waals surface area (Å²) in [6.07, 6.45) is 3.09. The van der Waals surface area contributed by atoms with Crippen molar-refractivity contribution in [2.24, 2.45) is 5.14 Å². The summed E-state index contributed by atoms with van der Waals surface area (Å²) in [6, 6.07) is 5.94. The lowest BCUT2D eigenvalue weighted by Gasteiger charge is -2.14. The highest BCUT2D eigenvalue weighted by atomic mass is 35.5. The standard InChI is InChI=1S/C16H19ClN2O5S/c1-2-3-6-24-16(20)12-8-15(25(18,21)22)13(17)9-14(12)19-10-11-5-4-7-23-11/h4-5,7-9,19H,2-3,6,10H2,1H3,(H2,18,21,22). The maximum Gasteiger partial charge on any atom is 0.340 e. The molecule has 136 valence electrons. The Hall–Kier alpha value is -2.03. The first-order chi connectivity index (χ1) is 11.8. The van der Waals surface area contributed by atoms with Crippen LogP contribution >= 0.6 is 11.6 Å². The molecule has 0 atom stereocenters. The van der Waals surface area contributed by atoms with E-state index in [-0.39, 0.29) is 28.6 Å². The molecular weight excluding hydrogens is 368 g/mol. The second kappa shape index (κ2) is 8.37. The van der Waals surface area contributed by atoms with E-state index >= 15 is 0 Å². The third-order valence-electron chi connectivity index (χ3n) is 3.36. The average molecular weight is 387 g/mol. The highest BCUT2D eigenvalue weighted by Crippen LogP contribution is 2.29. The van der Waals surface area contributed by atoms with E-state index in [0.29, 0.717) is 17.9 Å². The molecule has 0 radical (unpaired) electrons. The summed E-state index contributed by atoms with van der Waals surface area (Å²) in [5.41, 5.74) is 0.367. The first-order valence-electron chi connectivity index (χ1n) is 7.62. The zero-order chi connectivity index (χ0) is 18.4. The molecule has 0 aliphatic heterocycles. The fraction of sp³-hybridized carbons (Fsp3) is 0.312. The summed E-state index contributed by atoms with van der Waals surface area (Å²) in [4.78, 5) is 12.0. The van der Waals surface area contributed by atoms with Crippen LogP contribution in [0.2, 0.25) is 5.02 Å². The molecule has 1 aromatic heterocycles. The molecule has 0 saturated carbocycles. The van der Waals surface area contributed by atoms with Gasteiger partial charge in [0.25, 0.3) is 0 Å². The number of hydrogen-bond acceptors (Lipinski definition) is 6. The van der Waals surface area contributed by atoms with Crippen LogP contribution in [0.4, 0.5) is 5.69 Å². The molecule has 0 aliphatic rings. The normalized spacial score (nSPS) is 11.3. The number of ether oxygens (including phenoxy) is 1. The van der Waals surface area contributed by atoms with Crippen LogP contribution in [-0.4, -0.2) is 21.0 Å². The van der Waals surface area contributed by atoms with Gasteiger partial charge in [0.05, 0.1) is 35.7 Å². The van der Waals surface area contributed by atoms with Gasteiger partial charge in [0, 0.05) is 0 Å². The molecule has 0 unspecified atom stereocenters. The van der Waals surface area contributed by atoms with E-state index in [9.17, 15) is 13.2 Å². The minimum atomic E-state index is -4.08. The Bertz CT molecular complexity index is 834. The van der Waals surface area contributed by atoms with Crippen LogP contribution in [0, 0.1) is 0 Å². The maximum atomic E-state index is 12.3. The van der Waals surface area contributed by atoms with Gasteiger partial charge in [-0.2, -0.15) is 0 Å². The van der Waals surface area contributed by atoms with Crippen LogP contribution in [0.1, 0.15) is 35.9 Å². The van der Waals surface area contributed by atoms with Crippen molar-refractivity contribution in [1.29, 1.82) is 0 Å². The van der Waals surface area contributed by atoms with Crippen LogP contribution in [0.5, 0.6) is 0 Å². The Kier molecular flexibility index (Phi) is 6.46. The molecule has 1 heterocycles. The van der Waals surface area contributed by atoms with Crippen LogP contribution in [0.15, 0.2) is 39.8 Å². The smallest absolute Gasteiger partial charge is 0.340 e. The van der Waals surface area contributed by atoms with E-state index in [0.717, 1.165) is 12.5 Å². The molecule has 3 N–H and O–H groups in total. The summed E-state index contributed by atoms with van der Waals surface area (Å²) in [5.74, 6) is -0.0195. The molecule has 0 bridgehead atoms. The highest BCUT2D eigenvalue weighted by molar-refractivity contribution is 7.89. The summed E-state index contributed by atoms with van der Waals surface area (Å²) < 4.78 is 33.7. The average Bonchev–Trinajstić information content (AvgIpc) is 3.05. The second-order valence-electron chi connectivity index (χ2n) is 5.30. The van der Waals surface area contributed by atoms with Gasteiger partial charge in [0.1, 0.15) is 10.7 Å². The number of halogens is 1. The number of benzene rings is 1. The third kappa shape index (κ3) is 5.22. The zero-order valence-corrected chi connectivity index (χ0v) is 15.2. The second-order valence-corrected chi connectivity index (χ2v) is 7.23. The lowest BCUT2D eigenvalue weighted by molar-refractivity contribution is 0.0500. The van der Waals surface area contributed by atoms with Gasteiger partial charge in [-0.25, -0.2) is 18.4 Å². The molecule has 7 nitrogen and oxygen atoms in total. The molecule has 9 heteroatoms. The molecule has 1 aromatic carbocycles. The number of sulfonamides is 1. The quantitative estimate of drug-likeness (QED) is 0.532. The van der Waals surface area contributed by atoms with Crippen molar-refractivity contribution in [2.75, 3.05) is 11.9 Å². The van der Waals surface area contributed by atoms with Gasteiger partial charge >= 0.3 is 5.97 Å². The van der Waals surface area contributed by atoms with Gasteiger partial charge in [0.2, 0.25) is 10.0 Å². The number of esters is 1. The molecule has 0 spiro atoms. The number of primary sulfonamides is 1. The van der Waals surface area contributed by atoms with E-state index < -0.39 is 16.0 Å². The number of nitrogens with one attached hydrogen (secondary N) is 1. The van der Waals surface area contributed by atoms with Crippen molar-refractivity contribution in [3.63, 3.8) is 0 Å². The van der Waals surface area contributed by atoms with Gasteiger partial charge in [-0.3, -0.25) is 0 Å². The van der Waals surface area contributed by atoms with Crippen LogP contribution in [-0.2, 0) is 21.3 Å². The van der Waals surface area contributed by atoms with Crippen LogP contribution < -0.4 is 10.5 Å². The monoisotopic (exact) mass is 386 g/mol. The number of nitrogens with two attached hydrogens (primary N) is 1.